The van der Waals surface area contributed by atoms with E-state index in [0.29, 0.717) is 0 Å². The van der Waals surface area contributed by atoms with Crippen molar-refractivity contribution in [3.63, 3.8) is 0 Å². The van der Waals surface area contributed by atoms with Crippen LogP contribution in [0.4, 0.5) is 0 Å². The predicted molar refractivity (Wildman–Crippen MR) is 60.8 cm³/mol. The number of rotatable bonds is 10. The Morgan fingerprint density at radius 1 is 1.00 bits per heavy atom. The topological polar surface area (TPSA) is 60.0 Å². The predicted octanol–water partition coefficient (Wildman–Crippen LogP) is 0.227. The molecule has 0 aliphatic heterocycles. The minimum Gasteiger partial charge on any atom is -0.396 e. The Morgan fingerprint density at radius 3 is 2.00 bits per heavy atom. The first kappa shape index (κ1) is 15.0. The van der Waals surface area contributed by atoms with E-state index in [-0.39, 0.29) is 6.61 Å². The summed E-state index contributed by atoms with van der Waals surface area (Å²) < 4.78 is 15.9. The summed E-state index contributed by atoms with van der Waals surface area (Å²) in [6, 6.07) is 0.808. The van der Waals surface area contributed by atoms with E-state index in [0.717, 1.165) is 32.0 Å². The first-order valence-electron chi connectivity index (χ1n) is 5.21. The molecule has 0 rings (SSSR count). The van der Waals surface area contributed by atoms with Crippen LogP contribution in [0.3, 0.4) is 0 Å². The van der Waals surface area contributed by atoms with Gasteiger partial charge in [0.1, 0.15) is 0 Å². The summed E-state index contributed by atoms with van der Waals surface area (Å²) in [7, 11) is 2.49. The molecule has 0 aromatic carbocycles. The van der Waals surface area contributed by atoms with Crippen LogP contribution in [0.25, 0.3) is 0 Å². The number of nitrogens with one attached hydrogen (secondary N) is 1. The van der Waals surface area contributed by atoms with Crippen molar-refractivity contribution in [2.24, 2.45) is 0 Å². The SMILES string of the molecule is CO[Si](CCCNCCCO)(OC)OC. The van der Waals surface area contributed by atoms with E-state index in [4.69, 9.17) is 18.4 Å². The van der Waals surface area contributed by atoms with Gasteiger partial charge in [-0.05, 0) is 25.9 Å². The molecule has 6 heteroatoms. The Kier molecular flexibility index (Phi) is 9.27. The largest absolute Gasteiger partial charge is 0.500 e. The van der Waals surface area contributed by atoms with Gasteiger partial charge in [-0.2, -0.15) is 0 Å². The summed E-state index contributed by atoms with van der Waals surface area (Å²) in [6.45, 7) is 1.97. The third-order valence-corrected chi connectivity index (χ3v) is 5.11. The van der Waals surface area contributed by atoms with Gasteiger partial charge < -0.3 is 23.7 Å². The zero-order valence-corrected chi connectivity index (χ0v) is 10.9. The maximum atomic E-state index is 8.57. The Labute approximate surface area is 93.1 Å². The Balaban J connectivity index is 3.54. The van der Waals surface area contributed by atoms with Crippen LogP contribution in [0.1, 0.15) is 12.8 Å². The highest BCUT2D eigenvalue weighted by molar-refractivity contribution is 6.60. The lowest BCUT2D eigenvalue weighted by molar-refractivity contribution is 0.123. The summed E-state index contributed by atoms with van der Waals surface area (Å²) in [6.07, 6.45) is 1.74. The Bertz CT molecular complexity index is 136. The van der Waals surface area contributed by atoms with Crippen LogP contribution in [0, 0.1) is 0 Å². The van der Waals surface area contributed by atoms with Gasteiger partial charge >= 0.3 is 8.80 Å². The van der Waals surface area contributed by atoms with Gasteiger partial charge in [-0.15, -0.1) is 0 Å². The molecule has 0 bridgehead atoms. The van der Waals surface area contributed by atoms with Crippen LogP contribution in [0.2, 0.25) is 6.04 Å². The maximum Gasteiger partial charge on any atom is 0.500 e. The highest BCUT2D eigenvalue weighted by Crippen LogP contribution is 2.14. The lowest BCUT2D eigenvalue weighted by Crippen LogP contribution is -2.43. The van der Waals surface area contributed by atoms with E-state index in [1.807, 2.05) is 0 Å². The van der Waals surface area contributed by atoms with Gasteiger partial charge in [0.2, 0.25) is 0 Å². The van der Waals surface area contributed by atoms with Gasteiger partial charge in [0.05, 0.1) is 0 Å². The Hall–Kier alpha value is 0.0169. The third kappa shape index (κ3) is 6.24. The zero-order valence-electron chi connectivity index (χ0n) is 9.91. The van der Waals surface area contributed by atoms with Crippen molar-refractivity contribution in [1.82, 2.24) is 5.32 Å². The van der Waals surface area contributed by atoms with E-state index >= 15 is 0 Å². The highest BCUT2D eigenvalue weighted by Gasteiger charge is 2.36. The maximum absolute atomic E-state index is 8.57. The van der Waals surface area contributed by atoms with Gasteiger partial charge in [-0.1, -0.05) is 0 Å². The van der Waals surface area contributed by atoms with Crippen molar-refractivity contribution in [2.45, 2.75) is 18.9 Å². The Morgan fingerprint density at radius 2 is 1.53 bits per heavy atom. The third-order valence-electron chi connectivity index (χ3n) is 2.28. The van der Waals surface area contributed by atoms with E-state index < -0.39 is 8.80 Å². The zero-order chi connectivity index (χ0) is 11.6. The fourth-order valence-electron chi connectivity index (χ4n) is 1.32. The van der Waals surface area contributed by atoms with Gasteiger partial charge in [-0.25, -0.2) is 0 Å². The molecule has 0 aliphatic rings. The molecule has 0 unspecified atom stereocenters. The lowest BCUT2D eigenvalue weighted by Gasteiger charge is -2.24. The van der Waals surface area contributed by atoms with Crippen molar-refractivity contribution in [2.75, 3.05) is 41.0 Å². The number of hydrogen-bond donors (Lipinski definition) is 2. The number of hydrogen-bond acceptors (Lipinski definition) is 5. The molecule has 0 aromatic heterocycles. The molecule has 0 aliphatic carbocycles. The van der Waals surface area contributed by atoms with Crippen LogP contribution in [0.5, 0.6) is 0 Å². The van der Waals surface area contributed by atoms with Crippen molar-refractivity contribution in [3.05, 3.63) is 0 Å². The summed E-state index contributed by atoms with van der Waals surface area (Å²) in [5.74, 6) is 0. The van der Waals surface area contributed by atoms with Crippen molar-refractivity contribution >= 4 is 8.80 Å². The normalized spacial score (nSPS) is 12.0. The van der Waals surface area contributed by atoms with Gasteiger partial charge in [0.15, 0.2) is 0 Å². The van der Waals surface area contributed by atoms with Crippen molar-refractivity contribution in [1.29, 1.82) is 0 Å². The molecule has 0 saturated carbocycles. The van der Waals surface area contributed by atoms with Crippen LogP contribution in [-0.2, 0) is 13.3 Å². The molecule has 2 N–H and O–H groups in total. The summed E-state index contributed by atoms with van der Waals surface area (Å²) in [5, 5.41) is 11.8. The summed E-state index contributed by atoms with van der Waals surface area (Å²) >= 11 is 0. The molecule has 0 amide bonds. The number of aliphatic hydroxyl groups excluding tert-OH is 1. The first-order valence-corrected chi connectivity index (χ1v) is 7.15. The molecule has 92 valence electrons. The van der Waals surface area contributed by atoms with Gasteiger partial charge in [-0.3, -0.25) is 0 Å². The van der Waals surface area contributed by atoms with E-state index in [1.165, 1.54) is 0 Å². The molecule has 0 fully saturated rings. The standard InChI is InChI=1S/C9H23NO4Si/c1-12-15(13-2,14-3)9-5-7-10-6-4-8-11/h10-11H,4-9H2,1-3H3. The smallest absolute Gasteiger partial charge is 0.396 e. The van der Waals surface area contributed by atoms with Crippen molar-refractivity contribution < 1.29 is 18.4 Å². The summed E-state index contributed by atoms with van der Waals surface area (Å²) in [5.41, 5.74) is 0. The average molecular weight is 237 g/mol. The second kappa shape index (κ2) is 9.26. The van der Waals surface area contributed by atoms with E-state index in [1.54, 1.807) is 21.3 Å². The molecule has 0 atom stereocenters. The minimum absolute atomic E-state index is 0.236. The lowest BCUT2D eigenvalue weighted by atomic mass is 10.4. The molecule has 15 heavy (non-hydrogen) atoms. The molecule has 0 spiro atoms. The first-order chi connectivity index (χ1) is 7.24. The average Bonchev–Trinajstić information content (AvgIpc) is 2.29. The van der Waals surface area contributed by atoms with Gasteiger partial charge in [0, 0.05) is 34.0 Å². The summed E-state index contributed by atoms with van der Waals surface area (Å²) in [4.78, 5) is 0. The van der Waals surface area contributed by atoms with E-state index in [2.05, 4.69) is 5.32 Å². The minimum atomic E-state index is -2.38. The van der Waals surface area contributed by atoms with Gasteiger partial charge in [0.25, 0.3) is 0 Å². The monoisotopic (exact) mass is 237 g/mol. The fourth-order valence-corrected chi connectivity index (χ4v) is 3.04. The van der Waals surface area contributed by atoms with E-state index in [9.17, 15) is 0 Å². The second-order valence-electron chi connectivity index (χ2n) is 3.23. The quantitative estimate of drug-likeness (QED) is 0.421. The van der Waals surface area contributed by atoms with Crippen LogP contribution < -0.4 is 5.32 Å². The molecular weight excluding hydrogens is 214 g/mol. The fraction of sp³-hybridized carbons (Fsp3) is 1.00. The number of aliphatic hydroxyl groups is 1. The molecule has 0 aromatic rings. The second-order valence-corrected chi connectivity index (χ2v) is 6.32. The molecule has 0 radical (unpaired) electrons. The van der Waals surface area contributed by atoms with Crippen LogP contribution in [0.15, 0.2) is 0 Å². The molecule has 0 saturated heterocycles. The molecule has 0 heterocycles. The van der Waals surface area contributed by atoms with Crippen LogP contribution >= 0.6 is 0 Å². The molecule has 5 nitrogen and oxygen atoms in total. The van der Waals surface area contributed by atoms with Crippen molar-refractivity contribution in [3.8, 4) is 0 Å². The molecular formula is C9H23NO4Si. The van der Waals surface area contributed by atoms with Crippen LogP contribution in [-0.4, -0.2) is 54.9 Å². The highest BCUT2D eigenvalue weighted by atomic mass is 28.4.